The lowest BCUT2D eigenvalue weighted by molar-refractivity contribution is -0.203. The van der Waals surface area contributed by atoms with Crippen molar-refractivity contribution in [3.63, 3.8) is 0 Å². The fourth-order valence-corrected chi connectivity index (χ4v) is 13.5. The van der Waals surface area contributed by atoms with Crippen LogP contribution in [-0.4, -0.2) is 243 Å². The second-order valence-corrected chi connectivity index (χ2v) is 32.8. The van der Waals surface area contributed by atoms with Gasteiger partial charge >= 0.3 is 6.09 Å². The summed E-state index contributed by atoms with van der Waals surface area (Å²) in [6.45, 7) is 29.3. The van der Waals surface area contributed by atoms with Crippen LogP contribution >= 0.6 is 0 Å². The molecule has 0 saturated heterocycles. The summed E-state index contributed by atoms with van der Waals surface area (Å²) < 4.78 is 125. The molecular formula is C72H112F2N2O22Si. The number of Topliss-reactive ketones (excluding diaryl/α,β-unsaturated/α-hetero) is 1. The van der Waals surface area contributed by atoms with Crippen LogP contribution in [0.2, 0.25) is 18.1 Å². The number of hydrogen-bond acceptors (Lipinski definition) is 22. The highest BCUT2D eigenvalue weighted by Crippen LogP contribution is 2.70. The van der Waals surface area contributed by atoms with Crippen molar-refractivity contribution in [2.75, 3.05) is 177 Å². The van der Waals surface area contributed by atoms with E-state index in [-0.39, 0.29) is 61.2 Å². The molecule has 560 valence electrons. The quantitative estimate of drug-likeness (QED) is 0.0273. The van der Waals surface area contributed by atoms with Gasteiger partial charge in [0, 0.05) is 29.1 Å². The molecule has 2 aromatic carbocycles. The average Bonchev–Trinajstić information content (AvgIpc) is 1.67. The molecule has 0 aliphatic heterocycles. The summed E-state index contributed by atoms with van der Waals surface area (Å²) in [6.07, 6.45) is -2.55. The number of aliphatic hydroxyl groups excluding tert-OH is 2. The molecule has 4 aliphatic carbocycles. The molecule has 27 heteroatoms. The molecule has 2 aromatic rings. The number of nitrogens with one attached hydrogen (secondary N) is 2. The number of carbonyl (C=O) groups is 4. The Labute approximate surface area is 584 Å². The number of halogens is 2. The van der Waals surface area contributed by atoms with Crippen molar-refractivity contribution < 1.29 is 114 Å². The predicted octanol–water partition coefficient (Wildman–Crippen LogP) is 9.04. The smallest absolute Gasteiger partial charge is 0.407 e. The van der Waals surface area contributed by atoms with Crippen LogP contribution in [0.1, 0.15) is 92.9 Å². The van der Waals surface area contributed by atoms with Crippen molar-refractivity contribution in [2.24, 2.45) is 28.6 Å². The van der Waals surface area contributed by atoms with Gasteiger partial charge in [0.25, 0.3) is 0 Å². The van der Waals surface area contributed by atoms with Crippen molar-refractivity contribution in [1.82, 2.24) is 5.32 Å². The fourth-order valence-electron chi connectivity index (χ4n) is 12.6. The van der Waals surface area contributed by atoms with Gasteiger partial charge in [0.05, 0.1) is 190 Å². The molecule has 0 heterocycles. The summed E-state index contributed by atoms with van der Waals surface area (Å²) in [6, 6.07) is 13.4. The van der Waals surface area contributed by atoms with Gasteiger partial charge in [-0.1, -0.05) is 45.9 Å². The maximum Gasteiger partial charge on any atom is 0.407 e. The number of alkyl halides is 2. The number of hydrogen-bond donors (Lipinski definition) is 4. The lowest BCUT2D eigenvalue weighted by atomic mass is 9.45. The molecule has 10 atom stereocenters. The Morgan fingerprint density at radius 3 is 1.51 bits per heavy atom. The normalized spacial score (nSPS) is 24.0. The maximum atomic E-state index is 18.1. The Balaban J connectivity index is 0.727. The van der Waals surface area contributed by atoms with Gasteiger partial charge in [-0.2, -0.15) is 0 Å². The lowest BCUT2D eigenvalue weighted by Gasteiger charge is -2.62. The van der Waals surface area contributed by atoms with Crippen molar-refractivity contribution in [2.45, 2.75) is 135 Å². The zero-order valence-corrected chi connectivity index (χ0v) is 60.9. The first kappa shape index (κ1) is 83.2. The summed E-state index contributed by atoms with van der Waals surface area (Å²) in [5.41, 5.74) is -4.59. The van der Waals surface area contributed by atoms with E-state index in [0.717, 1.165) is 6.08 Å². The highest BCUT2D eigenvalue weighted by atomic mass is 28.4. The Hall–Kier alpha value is -4.76. The molecule has 2 amide bonds. The van der Waals surface area contributed by atoms with Crippen LogP contribution in [0.25, 0.3) is 0 Å². The van der Waals surface area contributed by atoms with E-state index < -0.39 is 84.7 Å². The monoisotopic (exact) mass is 1420 g/mol. The van der Waals surface area contributed by atoms with Crippen LogP contribution in [-0.2, 0) is 85.1 Å². The van der Waals surface area contributed by atoms with Gasteiger partial charge in [0.1, 0.15) is 23.3 Å². The van der Waals surface area contributed by atoms with E-state index in [1.54, 1.807) is 48.5 Å². The molecule has 4 N–H and O–H groups in total. The first-order valence-corrected chi connectivity index (χ1v) is 37.6. The molecule has 0 bridgehead atoms. The number of aliphatic hydroxyl groups is 2. The average molecular weight is 1420 g/mol. The number of rotatable bonds is 49. The number of ether oxygens (including phenoxy) is 15. The van der Waals surface area contributed by atoms with Crippen LogP contribution in [0.3, 0.4) is 0 Å². The van der Waals surface area contributed by atoms with Gasteiger partial charge in [-0.3, -0.25) is 14.4 Å². The number of amides is 2. The van der Waals surface area contributed by atoms with Gasteiger partial charge in [-0.15, -0.1) is 0 Å². The third-order valence-electron chi connectivity index (χ3n) is 18.7. The minimum atomic E-state index is -2.42. The number of ketones is 2. The Morgan fingerprint density at radius 1 is 0.626 bits per heavy atom. The zero-order valence-electron chi connectivity index (χ0n) is 59.9. The van der Waals surface area contributed by atoms with E-state index in [1.807, 2.05) is 40.8 Å². The van der Waals surface area contributed by atoms with Crippen molar-refractivity contribution >= 4 is 37.6 Å². The largest absolute Gasteiger partial charge is 0.457 e. The Kier molecular flexibility index (Phi) is 34.9. The van der Waals surface area contributed by atoms with E-state index in [2.05, 4.69) is 31.4 Å². The Morgan fingerprint density at radius 2 is 1.06 bits per heavy atom. The number of fused-ring (bicyclic) bond motifs is 5. The SMILES string of the molecule is CC(C)(C)OC(=O)NCCOCCOCCOCCOCCOCCOCCOCCOCCOCCOCCOCCOCCC(=O)Nc1ccc(Oc2ccc(C(O)O[C@@H]3CC4[C@@H]5C[C@H](F)C6=CC(=O)C=C[C@]6(C)[C@@]5(F)[C@@H](O)C[C@]4(C)[C@H]3C(=O)CO[Si](C)(C)C(C)(C)C)cc2)cc1. The van der Waals surface area contributed by atoms with Crippen LogP contribution < -0.4 is 15.4 Å². The summed E-state index contributed by atoms with van der Waals surface area (Å²) in [4.78, 5) is 51.3. The number of anilines is 1. The summed E-state index contributed by atoms with van der Waals surface area (Å²) >= 11 is 0. The van der Waals surface area contributed by atoms with Crippen LogP contribution in [0, 0.1) is 28.6 Å². The minimum absolute atomic E-state index is 0.0144. The summed E-state index contributed by atoms with van der Waals surface area (Å²) in [5, 5.41) is 28.9. The number of alkyl carbamates (subject to hydrolysis) is 1. The topological polar surface area (TPSA) is 280 Å². The highest BCUT2D eigenvalue weighted by molar-refractivity contribution is 6.74. The number of benzene rings is 2. The van der Waals surface area contributed by atoms with Gasteiger partial charge in [-0.25, -0.2) is 13.6 Å². The van der Waals surface area contributed by atoms with Crippen LogP contribution in [0.4, 0.5) is 19.3 Å². The van der Waals surface area contributed by atoms with E-state index in [0.29, 0.717) is 181 Å². The van der Waals surface area contributed by atoms with E-state index >= 15 is 8.78 Å². The standard InChI is InChI=1S/C72H112F2N2O22Si/c1-68(2,3)98-67(82)75-22-24-84-26-28-86-30-32-88-34-36-90-38-40-92-42-44-94-46-45-93-43-41-91-39-37-89-35-33-87-31-29-85-27-25-83-23-20-64(80)76-53-13-17-56(18-14-53)96-55-15-11-52(12-16-55)66(81)97-62-49-57-58-48-60(73)59-47-54(77)19-21-71(59,8)72(58,74)63(79)50-70(57,7)65(62)61(78)51-95-99(9,10)69(4,5)6/h11-19,21,47,57-58,60,62-63,65-66,79,81H,20,22-46,48-51H2,1-10H3,(H,75,82)(H,76,80)/t57?,58-,60-,62+,63-,65-,66?,70-,71-,72-/m0/s1. The number of allylic oxidation sites excluding steroid dienone is 4. The van der Waals surface area contributed by atoms with E-state index in [1.165, 1.54) is 19.1 Å². The molecule has 0 aromatic heterocycles. The predicted molar refractivity (Wildman–Crippen MR) is 366 cm³/mol. The summed E-state index contributed by atoms with van der Waals surface area (Å²) in [5.74, 6) is -2.61. The van der Waals surface area contributed by atoms with Crippen molar-refractivity contribution in [3.8, 4) is 11.5 Å². The van der Waals surface area contributed by atoms with E-state index in [9.17, 15) is 29.4 Å². The summed E-state index contributed by atoms with van der Waals surface area (Å²) in [7, 11) is -2.42. The molecule has 0 spiro atoms. The minimum Gasteiger partial charge on any atom is -0.457 e. The molecule has 24 nitrogen and oxygen atoms in total. The van der Waals surface area contributed by atoms with Crippen molar-refractivity contribution in [3.05, 3.63) is 77.9 Å². The second-order valence-electron chi connectivity index (χ2n) is 28.0. The third-order valence-corrected chi connectivity index (χ3v) is 23.2. The molecule has 6 rings (SSSR count). The van der Waals surface area contributed by atoms with E-state index in [4.69, 9.17) is 75.5 Å². The third kappa shape index (κ3) is 26.5. The first-order chi connectivity index (χ1) is 47.2. The molecule has 3 saturated carbocycles. The Bertz CT molecular complexity index is 2790. The molecule has 99 heavy (non-hydrogen) atoms. The molecule has 2 unspecified atom stereocenters. The second kappa shape index (κ2) is 41.5. The van der Waals surface area contributed by atoms with Crippen LogP contribution in [0.15, 0.2) is 72.3 Å². The van der Waals surface area contributed by atoms with Crippen molar-refractivity contribution in [1.29, 1.82) is 0 Å². The maximum absolute atomic E-state index is 18.1. The molecular weight excluding hydrogens is 1310 g/mol. The van der Waals surface area contributed by atoms with Gasteiger partial charge in [0.15, 0.2) is 31.8 Å². The number of carbonyl (C=O) groups excluding carboxylic acids is 4. The van der Waals surface area contributed by atoms with Crippen LogP contribution in [0.5, 0.6) is 11.5 Å². The lowest BCUT2D eigenvalue weighted by Crippen LogP contribution is -2.68. The van der Waals surface area contributed by atoms with Gasteiger partial charge in [0.2, 0.25) is 5.91 Å². The van der Waals surface area contributed by atoms with Gasteiger partial charge < -0.3 is 96.3 Å². The highest BCUT2D eigenvalue weighted by Gasteiger charge is 2.74. The molecule has 0 radical (unpaired) electrons. The molecule has 4 aliphatic rings. The molecule has 3 fully saturated rings. The zero-order chi connectivity index (χ0) is 72.0. The first-order valence-electron chi connectivity index (χ1n) is 34.7. The fraction of sp³-hybridized carbons (Fsp3) is 0.722. The van der Waals surface area contributed by atoms with Gasteiger partial charge in [-0.05, 0) is 131 Å².